The molecule has 1 aromatic heterocycles. The first-order valence-electron chi connectivity index (χ1n) is 7.93. The van der Waals surface area contributed by atoms with Crippen molar-refractivity contribution in [2.24, 2.45) is 5.92 Å². The summed E-state index contributed by atoms with van der Waals surface area (Å²) >= 11 is 5.22. The Hall–Kier alpha value is -2.14. The number of para-hydroxylation sites is 1. The number of rotatable bonds is 4. The second kappa shape index (κ2) is 6.16. The number of fused-ring (bicyclic) bond motifs is 1. The first kappa shape index (κ1) is 15.7. The zero-order chi connectivity index (χ0) is 16.6. The summed E-state index contributed by atoms with van der Waals surface area (Å²) in [6.07, 6.45) is 4.02. The molecule has 2 heterocycles. The number of nitrogens with zero attached hydrogens (tertiary/aromatic N) is 2. The average molecular weight is 327 g/mol. The highest BCUT2D eigenvalue weighted by Crippen LogP contribution is 2.25. The van der Waals surface area contributed by atoms with Crippen molar-refractivity contribution in [3.8, 4) is 0 Å². The van der Waals surface area contributed by atoms with Gasteiger partial charge in [0.25, 0.3) is 5.91 Å². The van der Waals surface area contributed by atoms with Gasteiger partial charge >= 0.3 is 0 Å². The molecule has 0 atom stereocenters. The van der Waals surface area contributed by atoms with Crippen LogP contribution < -0.4 is 5.32 Å². The molecule has 3 rings (SSSR count). The summed E-state index contributed by atoms with van der Waals surface area (Å²) in [5, 5.41) is 4.66. The maximum absolute atomic E-state index is 12.4. The zero-order valence-electron chi connectivity index (χ0n) is 13.7. The molecule has 1 saturated heterocycles. The van der Waals surface area contributed by atoms with Crippen molar-refractivity contribution in [3.05, 3.63) is 41.7 Å². The van der Waals surface area contributed by atoms with Crippen LogP contribution in [-0.4, -0.2) is 27.0 Å². The van der Waals surface area contributed by atoms with E-state index >= 15 is 0 Å². The number of hydrogen-bond donors (Lipinski definition) is 1. The van der Waals surface area contributed by atoms with Crippen molar-refractivity contribution in [1.82, 2.24) is 14.8 Å². The lowest BCUT2D eigenvalue weighted by atomic mass is 10.1. The highest BCUT2D eigenvalue weighted by molar-refractivity contribution is 7.80. The lowest BCUT2D eigenvalue weighted by Crippen LogP contribution is -2.30. The molecule has 5 heteroatoms. The Balaban J connectivity index is 2.05. The first-order chi connectivity index (χ1) is 11.0. The van der Waals surface area contributed by atoms with Gasteiger partial charge in [-0.05, 0) is 37.2 Å². The second-order valence-corrected chi connectivity index (χ2v) is 6.57. The van der Waals surface area contributed by atoms with Crippen LogP contribution in [0.25, 0.3) is 17.0 Å². The maximum atomic E-state index is 12.4. The highest BCUT2D eigenvalue weighted by atomic mass is 32.1. The molecule has 1 N–H and O–H groups in total. The summed E-state index contributed by atoms with van der Waals surface area (Å²) in [6, 6.07) is 8.28. The van der Waals surface area contributed by atoms with Crippen LogP contribution >= 0.6 is 12.2 Å². The molecule has 0 radical (unpaired) electrons. The Morgan fingerprint density at radius 1 is 1.30 bits per heavy atom. The zero-order valence-corrected chi connectivity index (χ0v) is 14.5. The van der Waals surface area contributed by atoms with Crippen molar-refractivity contribution >= 4 is 40.2 Å². The number of thiocarbonyl (C=S) groups is 1. The molecule has 0 saturated carbocycles. The van der Waals surface area contributed by atoms with E-state index in [1.165, 1.54) is 5.52 Å². The van der Waals surface area contributed by atoms with Gasteiger partial charge < -0.3 is 9.88 Å². The average Bonchev–Trinajstić information content (AvgIpc) is 2.98. The Morgan fingerprint density at radius 3 is 2.70 bits per heavy atom. The van der Waals surface area contributed by atoms with E-state index < -0.39 is 0 Å². The van der Waals surface area contributed by atoms with Gasteiger partial charge in [-0.25, -0.2) is 0 Å². The van der Waals surface area contributed by atoms with Gasteiger partial charge in [0.1, 0.15) is 5.70 Å². The molecule has 4 nitrogen and oxygen atoms in total. The van der Waals surface area contributed by atoms with Gasteiger partial charge in [0.05, 0.1) is 0 Å². The van der Waals surface area contributed by atoms with Crippen molar-refractivity contribution in [1.29, 1.82) is 0 Å². The van der Waals surface area contributed by atoms with E-state index in [0.717, 1.165) is 17.5 Å². The SMILES string of the molecule is CCN1C(=O)/C(=C\c2cn(CC(C)C)c3ccccc23)NC1=S. The van der Waals surface area contributed by atoms with E-state index in [9.17, 15) is 4.79 Å². The molecule has 0 bridgehead atoms. The van der Waals surface area contributed by atoms with Crippen LogP contribution in [0.4, 0.5) is 0 Å². The third kappa shape index (κ3) is 2.88. The molecule has 23 heavy (non-hydrogen) atoms. The van der Waals surface area contributed by atoms with Gasteiger partial charge in [-0.15, -0.1) is 0 Å². The van der Waals surface area contributed by atoms with E-state index in [0.29, 0.717) is 23.3 Å². The number of carbonyl (C=O) groups is 1. The summed E-state index contributed by atoms with van der Waals surface area (Å²) < 4.78 is 2.25. The molecule has 1 aliphatic rings. The molecule has 1 amide bonds. The van der Waals surface area contributed by atoms with E-state index in [2.05, 4.69) is 42.1 Å². The molecule has 0 spiro atoms. The Labute approximate surface area is 141 Å². The number of likely N-dealkylation sites (N-methyl/N-ethyl adjacent to an activating group) is 1. The van der Waals surface area contributed by atoms with Gasteiger partial charge in [0.2, 0.25) is 0 Å². The third-order valence-electron chi connectivity index (χ3n) is 3.96. The first-order valence-corrected chi connectivity index (χ1v) is 8.34. The van der Waals surface area contributed by atoms with E-state index in [-0.39, 0.29) is 5.91 Å². The lowest BCUT2D eigenvalue weighted by molar-refractivity contribution is -0.122. The molecule has 0 unspecified atom stereocenters. The molecule has 120 valence electrons. The number of nitrogens with one attached hydrogen (secondary N) is 1. The maximum Gasteiger partial charge on any atom is 0.276 e. The minimum atomic E-state index is -0.0572. The number of carbonyl (C=O) groups excluding carboxylic acids is 1. The standard InChI is InChI=1S/C18H21N3OS/c1-4-21-17(22)15(19-18(21)23)9-13-11-20(10-12(2)3)16-8-6-5-7-14(13)16/h5-9,11-12H,4,10H2,1-3H3,(H,19,23)/b15-9+. The highest BCUT2D eigenvalue weighted by Gasteiger charge is 2.29. The van der Waals surface area contributed by atoms with Crippen LogP contribution in [0.3, 0.4) is 0 Å². The number of amides is 1. The van der Waals surface area contributed by atoms with Gasteiger partial charge in [-0.2, -0.15) is 0 Å². The van der Waals surface area contributed by atoms with Crippen LogP contribution in [0, 0.1) is 5.92 Å². The van der Waals surface area contributed by atoms with Crippen LogP contribution in [0.5, 0.6) is 0 Å². The number of aromatic nitrogens is 1. The summed E-state index contributed by atoms with van der Waals surface area (Å²) in [6.45, 7) is 7.85. The largest absolute Gasteiger partial charge is 0.347 e. The van der Waals surface area contributed by atoms with Crippen molar-refractivity contribution in [2.45, 2.75) is 27.3 Å². The summed E-state index contributed by atoms with van der Waals surface area (Å²) in [4.78, 5) is 14.0. The van der Waals surface area contributed by atoms with Gasteiger partial charge in [0, 0.05) is 35.8 Å². The van der Waals surface area contributed by atoms with Crippen LogP contribution in [0.2, 0.25) is 0 Å². The van der Waals surface area contributed by atoms with Crippen molar-refractivity contribution in [2.75, 3.05) is 6.54 Å². The second-order valence-electron chi connectivity index (χ2n) is 6.19. The van der Waals surface area contributed by atoms with Crippen LogP contribution in [-0.2, 0) is 11.3 Å². The van der Waals surface area contributed by atoms with Crippen LogP contribution in [0.1, 0.15) is 26.3 Å². The number of hydrogen-bond acceptors (Lipinski definition) is 2. The van der Waals surface area contributed by atoms with Crippen LogP contribution in [0.15, 0.2) is 36.2 Å². The molecular weight excluding hydrogens is 306 g/mol. The predicted molar refractivity (Wildman–Crippen MR) is 97.9 cm³/mol. The minimum absolute atomic E-state index is 0.0572. The quantitative estimate of drug-likeness (QED) is 0.691. The van der Waals surface area contributed by atoms with Gasteiger partial charge in [-0.1, -0.05) is 32.0 Å². The summed E-state index contributed by atoms with van der Waals surface area (Å²) in [7, 11) is 0. The normalized spacial score (nSPS) is 16.9. The molecular formula is C18H21N3OS. The Morgan fingerprint density at radius 2 is 2.04 bits per heavy atom. The topological polar surface area (TPSA) is 37.3 Å². The lowest BCUT2D eigenvalue weighted by Gasteiger charge is -2.08. The monoisotopic (exact) mass is 327 g/mol. The fourth-order valence-corrected chi connectivity index (χ4v) is 3.27. The predicted octanol–water partition coefficient (Wildman–Crippen LogP) is 3.37. The third-order valence-corrected chi connectivity index (χ3v) is 4.28. The summed E-state index contributed by atoms with van der Waals surface area (Å²) in [5.41, 5.74) is 2.77. The van der Waals surface area contributed by atoms with Crippen molar-refractivity contribution < 1.29 is 4.79 Å². The molecule has 1 aliphatic heterocycles. The fraction of sp³-hybridized carbons (Fsp3) is 0.333. The fourth-order valence-electron chi connectivity index (χ4n) is 2.95. The molecule has 1 fully saturated rings. The van der Waals surface area contributed by atoms with Gasteiger partial charge in [0.15, 0.2) is 5.11 Å². The van der Waals surface area contributed by atoms with Crippen molar-refractivity contribution in [3.63, 3.8) is 0 Å². The molecule has 2 aromatic rings. The Kier molecular flexibility index (Phi) is 4.22. The summed E-state index contributed by atoms with van der Waals surface area (Å²) in [5.74, 6) is 0.499. The van der Waals surface area contributed by atoms with E-state index in [1.807, 2.05) is 25.1 Å². The van der Waals surface area contributed by atoms with E-state index in [1.54, 1.807) is 4.90 Å². The van der Waals surface area contributed by atoms with Gasteiger partial charge in [-0.3, -0.25) is 9.69 Å². The Bertz CT molecular complexity index is 804. The number of benzene rings is 1. The molecule has 0 aliphatic carbocycles. The smallest absolute Gasteiger partial charge is 0.276 e. The minimum Gasteiger partial charge on any atom is -0.347 e. The van der Waals surface area contributed by atoms with E-state index in [4.69, 9.17) is 12.2 Å². The molecule has 1 aromatic carbocycles.